The van der Waals surface area contributed by atoms with E-state index in [0.29, 0.717) is 5.92 Å². The predicted octanol–water partition coefficient (Wildman–Crippen LogP) is 0.618. The van der Waals surface area contributed by atoms with Gasteiger partial charge in [-0.05, 0) is 24.8 Å². The second kappa shape index (κ2) is 3.18. The minimum Gasteiger partial charge on any atom is -0.381 e. The van der Waals surface area contributed by atoms with E-state index in [1.54, 1.807) is 0 Å². The van der Waals surface area contributed by atoms with Crippen molar-refractivity contribution in [3.63, 3.8) is 0 Å². The molecular weight excluding hydrogens is 114 g/mol. The van der Waals surface area contributed by atoms with Crippen LogP contribution in [-0.4, -0.2) is 19.8 Å². The molecule has 0 saturated carbocycles. The van der Waals surface area contributed by atoms with Gasteiger partial charge in [0.25, 0.3) is 0 Å². The zero-order valence-corrected chi connectivity index (χ0v) is 5.97. The van der Waals surface area contributed by atoms with Gasteiger partial charge < -0.3 is 10.5 Å². The maximum atomic E-state index is 5.50. The fraction of sp³-hybridized carbons (Fsp3) is 1.00. The van der Waals surface area contributed by atoms with Crippen LogP contribution in [0.3, 0.4) is 0 Å². The lowest BCUT2D eigenvalue weighted by atomic mass is 9.94. The highest BCUT2D eigenvalue weighted by Crippen LogP contribution is 2.20. The summed E-state index contributed by atoms with van der Waals surface area (Å²) in [5.41, 5.74) is 5.50. The minimum atomic E-state index is 0.646. The first-order valence-electron chi connectivity index (χ1n) is 3.62. The molecule has 0 aliphatic carbocycles. The summed E-state index contributed by atoms with van der Waals surface area (Å²) in [7, 11) is 0. The molecule has 54 valence electrons. The second-order valence-electron chi connectivity index (χ2n) is 2.84. The quantitative estimate of drug-likeness (QED) is 0.593. The highest BCUT2D eigenvalue weighted by molar-refractivity contribution is 4.70. The molecular formula is C7H15NO. The van der Waals surface area contributed by atoms with Crippen LogP contribution in [0, 0.1) is 11.8 Å². The molecule has 2 atom stereocenters. The van der Waals surface area contributed by atoms with Gasteiger partial charge in [0, 0.05) is 13.2 Å². The molecule has 1 saturated heterocycles. The molecule has 1 aliphatic heterocycles. The van der Waals surface area contributed by atoms with Crippen LogP contribution in [0.5, 0.6) is 0 Å². The van der Waals surface area contributed by atoms with Crippen LogP contribution in [0.25, 0.3) is 0 Å². The third-order valence-corrected chi connectivity index (χ3v) is 2.14. The lowest BCUT2D eigenvalue weighted by Gasteiger charge is -2.13. The molecule has 2 heteroatoms. The van der Waals surface area contributed by atoms with Gasteiger partial charge in [0.2, 0.25) is 0 Å². The maximum absolute atomic E-state index is 5.50. The summed E-state index contributed by atoms with van der Waals surface area (Å²) >= 11 is 0. The van der Waals surface area contributed by atoms with Crippen molar-refractivity contribution in [1.82, 2.24) is 0 Å². The molecule has 1 heterocycles. The van der Waals surface area contributed by atoms with Gasteiger partial charge in [0.1, 0.15) is 0 Å². The molecule has 0 spiro atoms. The minimum absolute atomic E-state index is 0.646. The van der Waals surface area contributed by atoms with Crippen LogP contribution in [0.15, 0.2) is 0 Å². The Morgan fingerprint density at radius 1 is 1.78 bits per heavy atom. The summed E-state index contributed by atoms with van der Waals surface area (Å²) in [6, 6.07) is 0. The average Bonchev–Trinajstić information content (AvgIpc) is 2.37. The average molecular weight is 129 g/mol. The van der Waals surface area contributed by atoms with Gasteiger partial charge in [-0.3, -0.25) is 0 Å². The Balaban J connectivity index is 2.24. The molecule has 0 bridgehead atoms. The van der Waals surface area contributed by atoms with Gasteiger partial charge in [0.15, 0.2) is 0 Å². The van der Waals surface area contributed by atoms with Crippen LogP contribution in [0.2, 0.25) is 0 Å². The van der Waals surface area contributed by atoms with E-state index in [-0.39, 0.29) is 0 Å². The van der Waals surface area contributed by atoms with Crippen molar-refractivity contribution in [2.75, 3.05) is 19.8 Å². The summed E-state index contributed by atoms with van der Waals surface area (Å²) in [6.07, 6.45) is 1.21. The van der Waals surface area contributed by atoms with E-state index in [0.717, 1.165) is 25.7 Å². The van der Waals surface area contributed by atoms with Crippen molar-refractivity contribution < 1.29 is 4.74 Å². The third kappa shape index (κ3) is 1.66. The molecule has 1 fully saturated rings. The van der Waals surface area contributed by atoms with Crippen molar-refractivity contribution in [3.8, 4) is 0 Å². The van der Waals surface area contributed by atoms with Crippen LogP contribution < -0.4 is 5.73 Å². The first kappa shape index (κ1) is 7.03. The summed E-state index contributed by atoms with van der Waals surface area (Å²) in [5.74, 6) is 1.38. The van der Waals surface area contributed by atoms with Crippen molar-refractivity contribution >= 4 is 0 Å². The maximum Gasteiger partial charge on any atom is 0.0498 e. The number of ether oxygens (including phenoxy) is 1. The molecule has 0 aromatic rings. The smallest absolute Gasteiger partial charge is 0.0498 e. The SMILES string of the molecule is C[C@@H](CN)C1CCOC1. The number of nitrogens with two attached hydrogens (primary N) is 1. The van der Waals surface area contributed by atoms with Crippen molar-refractivity contribution in [3.05, 3.63) is 0 Å². The first-order valence-corrected chi connectivity index (χ1v) is 3.62. The fourth-order valence-electron chi connectivity index (χ4n) is 1.19. The predicted molar refractivity (Wildman–Crippen MR) is 37.1 cm³/mol. The highest BCUT2D eigenvalue weighted by atomic mass is 16.5. The van der Waals surface area contributed by atoms with E-state index in [2.05, 4.69) is 6.92 Å². The molecule has 2 nitrogen and oxygen atoms in total. The van der Waals surface area contributed by atoms with Crippen molar-refractivity contribution in [2.45, 2.75) is 13.3 Å². The monoisotopic (exact) mass is 129 g/mol. The molecule has 2 N–H and O–H groups in total. The lowest BCUT2D eigenvalue weighted by Crippen LogP contribution is -2.20. The molecule has 0 aromatic carbocycles. The molecule has 1 aliphatic rings. The Hall–Kier alpha value is -0.0800. The van der Waals surface area contributed by atoms with Crippen molar-refractivity contribution in [2.24, 2.45) is 17.6 Å². The summed E-state index contributed by atoms with van der Waals surface area (Å²) in [4.78, 5) is 0. The van der Waals surface area contributed by atoms with Crippen LogP contribution in [0.1, 0.15) is 13.3 Å². The van der Waals surface area contributed by atoms with Gasteiger partial charge in [-0.1, -0.05) is 6.92 Å². The van der Waals surface area contributed by atoms with Crippen LogP contribution in [-0.2, 0) is 4.74 Å². The van der Waals surface area contributed by atoms with E-state index >= 15 is 0 Å². The lowest BCUT2D eigenvalue weighted by molar-refractivity contribution is 0.175. The normalized spacial score (nSPS) is 30.7. The van der Waals surface area contributed by atoms with E-state index in [1.165, 1.54) is 6.42 Å². The first-order chi connectivity index (χ1) is 4.34. The van der Waals surface area contributed by atoms with Gasteiger partial charge in [-0.25, -0.2) is 0 Å². The molecule has 9 heavy (non-hydrogen) atoms. The Morgan fingerprint density at radius 3 is 3.00 bits per heavy atom. The largest absolute Gasteiger partial charge is 0.381 e. The standard InChI is InChI=1S/C7H15NO/c1-6(4-8)7-2-3-9-5-7/h6-7H,2-5,8H2,1H3/t6-,7?/m0/s1. The van der Waals surface area contributed by atoms with E-state index in [1.807, 2.05) is 0 Å². The topological polar surface area (TPSA) is 35.2 Å². The van der Waals surface area contributed by atoms with E-state index in [4.69, 9.17) is 10.5 Å². The van der Waals surface area contributed by atoms with Crippen LogP contribution in [0.4, 0.5) is 0 Å². The van der Waals surface area contributed by atoms with E-state index < -0.39 is 0 Å². The molecule has 0 radical (unpaired) electrons. The Bertz CT molecular complexity index is 79.0. The Labute approximate surface area is 56.4 Å². The molecule has 0 amide bonds. The molecule has 0 aromatic heterocycles. The summed E-state index contributed by atoms with van der Waals surface area (Å²) in [5, 5.41) is 0. The van der Waals surface area contributed by atoms with Gasteiger partial charge >= 0.3 is 0 Å². The zero-order chi connectivity index (χ0) is 6.69. The van der Waals surface area contributed by atoms with Crippen molar-refractivity contribution in [1.29, 1.82) is 0 Å². The number of hydrogen-bond acceptors (Lipinski definition) is 2. The number of hydrogen-bond donors (Lipinski definition) is 1. The highest BCUT2D eigenvalue weighted by Gasteiger charge is 2.20. The fourth-order valence-corrected chi connectivity index (χ4v) is 1.19. The van der Waals surface area contributed by atoms with E-state index in [9.17, 15) is 0 Å². The van der Waals surface area contributed by atoms with Gasteiger partial charge in [-0.2, -0.15) is 0 Å². The number of rotatable bonds is 2. The molecule has 1 rings (SSSR count). The summed E-state index contributed by atoms with van der Waals surface area (Å²) in [6.45, 7) is 4.86. The van der Waals surface area contributed by atoms with Gasteiger partial charge in [0.05, 0.1) is 0 Å². The Kier molecular flexibility index (Phi) is 2.49. The zero-order valence-electron chi connectivity index (χ0n) is 5.97. The second-order valence-corrected chi connectivity index (χ2v) is 2.84. The van der Waals surface area contributed by atoms with Crippen LogP contribution >= 0.6 is 0 Å². The third-order valence-electron chi connectivity index (χ3n) is 2.14. The van der Waals surface area contributed by atoms with Gasteiger partial charge in [-0.15, -0.1) is 0 Å². The Morgan fingerprint density at radius 2 is 2.56 bits per heavy atom. The summed E-state index contributed by atoms with van der Waals surface area (Å²) < 4.78 is 5.22. The molecule has 1 unspecified atom stereocenters.